The Morgan fingerprint density at radius 2 is 1.66 bits per heavy atom. The van der Waals surface area contributed by atoms with Crippen LogP contribution >= 0.6 is 0 Å². The zero-order valence-corrected chi connectivity index (χ0v) is 18.8. The fraction of sp³-hybridized carbons (Fsp3) is 0.545. The first-order valence-corrected chi connectivity index (χ1v) is 11.3. The second kappa shape index (κ2) is 10.9. The van der Waals surface area contributed by atoms with Gasteiger partial charge in [-0.3, -0.25) is 0 Å². The van der Waals surface area contributed by atoms with E-state index >= 15 is 0 Å². The first-order chi connectivity index (χ1) is 15.8. The number of hydrogen-bond donors (Lipinski definition) is 1. The van der Waals surface area contributed by atoms with Gasteiger partial charge in [0.15, 0.2) is 0 Å². The van der Waals surface area contributed by atoms with E-state index < -0.39 is 0 Å². The standard InChI is InChI=1S/C22H31N7O3/c1-3-31-18-8-7-17(19(15-18)32-4-2)16-23-27-20-24-21(28-9-5-6-10-28)26-22(25-20)29-11-13-30-14-12-29/h7-8,15-16H,3-6,9-14H2,1-2H3,(H,24,25,26,27)/b23-16+. The van der Waals surface area contributed by atoms with Crippen LogP contribution in [0.4, 0.5) is 17.8 Å². The van der Waals surface area contributed by atoms with Gasteiger partial charge in [0.1, 0.15) is 11.5 Å². The van der Waals surface area contributed by atoms with Crippen LogP contribution in [0.2, 0.25) is 0 Å². The molecule has 0 saturated carbocycles. The maximum Gasteiger partial charge on any atom is 0.250 e. The van der Waals surface area contributed by atoms with Gasteiger partial charge < -0.3 is 24.0 Å². The topological polar surface area (TPSA) is 97.2 Å². The van der Waals surface area contributed by atoms with Gasteiger partial charge in [-0.15, -0.1) is 0 Å². The third kappa shape index (κ3) is 5.56. The lowest BCUT2D eigenvalue weighted by molar-refractivity contribution is 0.122. The van der Waals surface area contributed by atoms with Crippen LogP contribution in [-0.4, -0.2) is 73.8 Å². The van der Waals surface area contributed by atoms with E-state index in [-0.39, 0.29) is 0 Å². The van der Waals surface area contributed by atoms with E-state index in [1.54, 1.807) is 6.21 Å². The first kappa shape index (κ1) is 22.1. The van der Waals surface area contributed by atoms with Crippen molar-refractivity contribution in [1.29, 1.82) is 0 Å². The molecule has 172 valence electrons. The van der Waals surface area contributed by atoms with Crippen molar-refractivity contribution in [1.82, 2.24) is 15.0 Å². The van der Waals surface area contributed by atoms with E-state index in [4.69, 9.17) is 19.2 Å². The fourth-order valence-electron chi connectivity index (χ4n) is 3.69. The smallest absolute Gasteiger partial charge is 0.250 e. The molecule has 32 heavy (non-hydrogen) atoms. The molecule has 0 amide bonds. The predicted octanol–water partition coefficient (Wildman–Crippen LogP) is 2.55. The van der Waals surface area contributed by atoms with Crippen LogP contribution in [-0.2, 0) is 4.74 Å². The molecule has 1 aromatic heterocycles. The van der Waals surface area contributed by atoms with Crippen molar-refractivity contribution in [2.75, 3.05) is 67.8 Å². The minimum absolute atomic E-state index is 0.420. The van der Waals surface area contributed by atoms with Gasteiger partial charge in [-0.1, -0.05) is 0 Å². The van der Waals surface area contributed by atoms with E-state index in [2.05, 4.69) is 30.3 Å². The zero-order chi connectivity index (χ0) is 22.2. The summed E-state index contributed by atoms with van der Waals surface area (Å²) in [6.45, 7) is 9.84. The van der Waals surface area contributed by atoms with E-state index in [9.17, 15) is 0 Å². The lowest BCUT2D eigenvalue weighted by Crippen LogP contribution is -2.38. The molecule has 0 aliphatic carbocycles. The Hall–Kier alpha value is -3.14. The summed E-state index contributed by atoms with van der Waals surface area (Å²) >= 11 is 0. The minimum atomic E-state index is 0.420. The SMILES string of the molecule is CCOc1ccc(/C=N/Nc2nc(N3CCCC3)nc(N3CCOCC3)n2)c(OCC)c1. The highest BCUT2D eigenvalue weighted by molar-refractivity contribution is 5.84. The Bertz CT molecular complexity index is 912. The maximum atomic E-state index is 5.75. The van der Waals surface area contributed by atoms with Crippen LogP contribution in [0, 0.1) is 0 Å². The third-order valence-corrected chi connectivity index (χ3v) is 5.26. The summed E-state index contributed by atoms with van der Waals surface area (Å²) in [5.74, 6) is 3.24. The summed E-state index contributed by atoms with van der Waals surface area (Å²) in [4.78, 5) is 18.2. The molecule has 10 heteroatoms. The second-order valence-electron chi connectivity index (χ2n) is 7.49. The Balaban J connectivity index is 1.54. The number of benzene rings is 1. The molecule has 0 atom stereocenters. The van der Waals surface area contributed by atoms with Crippen molar-refractivity contribution >= 4 is 24.1 Å². The molecule has 3 heterocycles. The van der Waals surface area contributed by atoms with E-state index in [1.165, 1.54) is 0 Å². The fourth-order valence-corrected chi connectivity index (χ4v) is 3.69. The van der Waals surface area contributed by atoms with Gasteiger partial charge in [-0.05, 0) is 38.8 Å². The molecule has 0 spiro atoms. The van der Waals surface area contributed by atoms with E-state index in [1.807, 2.05) is 32.0 Å². The molecule has 2 aromatic rings. The minimum Gasteiger partial charge on any atom is -0.494 e. The molecule has 0 unspecified atom stereocenters. The Labute approximate surface area is 188 Å². The lowest BCUT2D eigenvalue weighted by atomic mass is 10.2. The van der Waals surface area contributed by atoms with Crippen LogP contribution in [0.1, 0.15) is 32.3 Å². The molecule has 2 aliphatic rings. The molecule has 2 saturated heterocycles. The van der Waals surface area contributed by atoms with E-state index in [0.717, 1.165) is 50.3 Å². The van der Waals surface area contributed by atoms with Crippen molar-refractivity contribution in [2.45, 2.75) is 26.7 Å². The summed E-state index contributed by atoms with van der Waals surface area (Å²) < 4.78 is 16.8. The Kier molecular flexibility index (Phi) is 7.55. The molecule has 0 bridgehead atoms. The number of morpholine rings is 1. The number of ether oxygens (including phenoxy) is 3. The lowest BCUT2D eigenvalue weighted by Gasteiger charge is -2.27. The van der Waals surface area contributed by atoms with E-state index in [0.29, 0.717) is 50.0 Å². The van der Waals surface area contributed by atoms with Gasteiger partial charge in [-0.25, -0.2) is 5.43 Å². The number of anilines is 3. The highest BCUT2D eigenvalue weighted by Crippen LogP contribution is 2.24. The molecule has 0 radical (unpaired) electrons. The number of nitrogens with zero attached hydrogens (tertiary/aromatic N) is 6. The number of hydrogen-bond acceptors (Lipinski definition) is 10. The third-order valence-electron chi connectivity index (χ3n) is 5.26. The summed E-state index contributed by atoms with van der Waals surface area (Å²) in [6.07, 6.45) is 4.00. The van der Waals surface area contributed by atoms with Crippen LogP contribution in [0.15, 0.2) is 23.3 Å². The average Bonchev–Trinajstić information content (AvgIpc) is 3.36. The highest BCUT2D eigenvalue weighted by atomic mass is 16.5. The van der Waals surface area contributed by atoms with Crippen molar-refractivity contribution in [3.63, 3.8) is 0 Å². The Morgan fingerprint density at radius 3 is 2.34 bits per heavy atom. The summed E-state index contributed by atoms with van der Waals surface area (Å²) in [5, 5.41) is 4.37. The largest absolute Gasteiger partial charge is 0.494 e. The molecule has 1 N–H and O–H groups in total. The van der Waals surface area contributed by atoms with Crippen LogP contribution < -0.4 is 24.7 Å². The van der Waals surface area contributed by atoms with Gasteiger partial charge in [0, 0.05) is 37.8 Å². The number of hydrazone groups is 1. The molecule has 4 rings (SSSR count). The van der Waals surface area contributed by atoms with Gasteiger partial charge in [0.05, 0.1) is 32.6 Å². The molecule has 2 fully saturated rings. The van der Waals surface area contributed by atoms with Gasteiger partial charge in [0.2, 0.25) is 17.8 Å². The average molecular weight is 442 g/mol. The monoisotopic (exact) mass is 441 g/mol. The van der Waals surface area contributed by atoms with Crippen LogP contribution in [0.25, 0.3) is 0 Å². The molecule has 10 nitrogen and oxygen atoms in total. The maximum absolute atomic E-state index is 5.75. The van der Waals surface area contributed by atoms with Crippen LogP contribution in [0.3, 0.4) is 0 Å². The summed E-state index contributed by atoms with van der Waals surface area (Å²) in [5.41, 5.74) is 3.82. The Morgan fingerprint density at radius 1 is 0.969 bits per heavy atom. The first-order valence-electron chi connectivity index (χ1n) is 11.3. The highest BCUT2D eigenvalue weighted by Gasteiger charge is 2.21. The number of nitrogens with one attached hydrogen (secondary N) is 1. The number of aromatic nitrogens is 3. The number of rotatable bonds is 9. The quantitative estimate of drug-likeness (QED) is 0.465. The summed E-state index contributed by atoms with van der Waals surface area (Å²) in [7, 11) is 0. The molecule has 2 aliphatic heterocycles. The van der Waals surface area contributed by atoms with Crippen LogP contribution in [0.5, 0.6) is 11.5 Å². The van der Waals surface area contributed by atoms with Gasteiger partial charge >= 0.3 is 0 Å². The van der Waals surface area contributed by atoms with Gasteiger partial charge in [0.25, 0.3) is 0 Å². The summed E-state index contributed by atoms with van der Waals surface area (Å²) in [6, 6.07) is 5.70. The normalized spacial score (nSPS) is 16.6. The molecule has 1 aromatic carbocycles. The second-order valence-corrected chi connectivity index (χ2v) is 7.49. The predicted molar refractivity (Wildman–Crippen MR) is 124 cm³/mol. The van der Waals surface area contributed by atoms with Crippen molar-refractivity contribution in [3.05, 3.63) is 23.8 Å². The van der Waals surface area contributed by atoms with Gasteiger partial charge in [-0.2, -0.15) is 20.1 Å². The molecular formula is C22H31N7O3. The zero-order valence-electron chi connectivity index (χ0n) is 18.8. The van der Waals surface area contributed by atoms with Crippen molar-refractivity contribution < 1.29 is 14.2 Å². The van der Waals surface area contributed by atoms with Crippen molar-refractivity contribution in [2.24, 2.45) is 5.10 Å². The van der Waals surface area contributed by atoms with Crippen molar-refractivity contribution in [3.8, 4) is 11.5 Å². The molecular weight excluding hydrogens is 410 g/mol.